The number of rotatable bonds is 2. The molecule has 0 aliphatic heterocycles. The predicted molar refractivity (Wildman–Crippen MR) is 82.1 cm³/mol. The van der Waals surface area contributed by atoms with Crippen molar-refractivity contribution in [3.05, 3.63) is 71.2 Å². The van der Waals surface area contributed by atoms with Gasteiger partial charge in [-0.05, 0) is 30.3 Å². The maximum Gasteiger partial charge on any atom is 0.336 e. The van der Waals surface area contributed by atoms with E-state index in [4.69, 9.17) is 9.15 Å². The quantitative estimate of drug-likeness (QED) is 0.528. The van der Waals surface area contributed by atoms with E-state index >= 15 is 0 Å². The molecule has 0 aliphatic carbocycles. The molecule has 0 N–H and O–H groups in total. The van der Waals surface area contributed by atoms with Gasteiger partial charge in [0.15, 0.2) is 0 Å². The van der Waals surface area contributed by atoms with Gasteiger partial charge in [-0.3, -0.25) is 0 Å². The second kappa shape index (κ2) is 4.96. The third-order valence-electron chi connectivity index (χ3n) is 3.24. The molecule has 4 aromatic rings. The van der Waals surface area contributed by atoms with Crippen molar-refractivity contribution >= 4 is 22.0 Å². The van der Waals surface area contributed by atoms with Crippen molar-refractivity contribution in [3.63, 3.8) is 0 Å². The van der Waals surface area contributed by atoms with Crippen LogP contribution in [0.2, 0.25) is 0 Å². The summed E-state index contributed by atoms with van der Waals surface area (Å²) >= 11 is 0. The van der Waals surface area contributed by atoms with Gasteiger partial charge < -0.3 is 9.15 Å². The fourth-order valence-corrected chi connectivity index (χ4v) is 2.21. The van der Waals surface area contributed by atoms with E-state index in [0.717, 1.165) is 16.4 Å². The summed E-state index contributed by atoms with van der Waals surface area (Å²) in [6.07, 6.45) is 1.56. The van der Waals surface area contributed by atoms with E-state index in [-0.39, 0.29) is 0 Å². The average Bonchev–Trinajstić information content (AvgIpc) is 2.54. The average molecular weight is 290 g/mol. The number of para-hydroxylation sites is 2. The second-order valence-corrected chi connectivity index (χ2v) is 4.75. The Morgan fingerprint density at radius 1 is 0.955 bits per heavy atom. The first kappa shape index (κ1) is 12.5. The first-order chi connectivity index (χ1) is 10.8. The van der Waals surface area contributed by atoms with Crippen LogP contribution in [0, 0.1) is 0 Å². The lowest BCUT2D eigenvalue weighted by atomic mass is 10.2. The van der Waals surface area contributed by atoms with Gasteiger partial charge in [0.2, 0.25) is 5.88 Å². The van der Waals surface area contributed by atoms with Gasteiger partial charge in [0.25, 0.3) is 0 Å². The van der Waals surface area contributed by atoms with Crippen molar-refractivity contribution in [1.82, 2.24) is 9.97 Å². The lowest BCUT2D eigenvalue weighted by Gasteiger charge is -2.06. The fourth-order valence-electron chi connectivity index (χ4n) is 2.21. The minimum Gasteiger partial charge on any atom is -0.437 e. The number of hydrogen-bond acceptors (Lipinski definition) is 5. The van der Waals surface area contributed by atoms with Crippen LogP contribution in [0.4, 0.5) is 0 Å². The summed E-state index contributed by atoms with van der Waals surface area (Å²) in [5.41, 5.74) is 1.64. The van der Waals surface area contributed by atoms with E-state index in [1.54, 1.807) is 24.4 Å². The largest absolute Gasteiger partial charge is 0.437 e. The van der Waals surface area contributed by atoms with Crippen LogP contribution < -0.4 is 10.4 Å². The van der Waals surface area contributed by atoms with Gasteiger partial charge >= 0.3 is 5.63 Å². The van der Waals surface area contributed by atoms with Crippen LogP contribution in [0.1, 0.15) is 0 Å². The maximum absolute atomic E-state index is 11.3. The lowest BCUT2D eigenvalue weighted by Crippen LogP contribution is -1.95. The van der Waals surface area contributed by atoms with Crippen LogP contribution in [0.5, 0.6) is 11.6 Å². The molecular formula is C17H10N2O3. The van der Waals surface area contributed by atoms with Crippen molar-refractivity contribution in [2.45, 2.75) is 0 Å². The Balaban J connectivity index is 1.73. The highest BCUT2D eigenvalue weighted by Gasteiger charge is 2.04. The van der Waals surface area contributed by atoms with Crippen molar-refractivity contribution in [2.24, 2.45) is 0 Å². The SMILES string of the molecule is O=c1ccc2ccc(Oc3cnc4ccccc4n3)cc2o1. The van der Waals surface area contributed by atoms with Crippen LogP contribution in [0.3, 0.4) is 0 Å². The Bertz CT molecular complexity index is 1040. The number of benzene rings is 2. The van der Waals surface area contributed by atoms with Crippen molar-refractivity contribution in [3.8, 4) is 11.6 Å². The highest BCUT2D eigenvalue weighted by molar-refractivity contribution is 5.78. The monoisotopic (exact) mass is 290 g/mol. The first-order valence-electron chi connectivity index (χ1n) is 6.71. The topological polar surface area (TPSA) is 65.2 Å². The van der Waals surface area contributed by atoms with Gasteiger partial charge in [-0.1, -0.05) is 12.1 Å². The third-order valence-corrected chi connectivity index (χ3v) is 3.24. The van der Waals surface area contributed by atoms with E-state index in [1.807, 2.05) is 30.3 Å². The van der Waals surface area contributed by atoms with Crippen LogP contribution in [0.15, 0.2) is 70.0 Å². The van der Waals surface area contributed by atoms with E-state index < -0.39 is 5.63 Å². The van der Waals surface area contributed by atoms with E-state index in [1.165, 1.54) is 6.07 Å². The highest BCUT2D eigenvalue weighted by Crippen LogP contribution is 2.24. The van der Waals surface area contributed by atoms with Gasteiger partial charge in [-0.15, -0.1) is 0 Å². The minimum atomic E-state index is -0.393. The molecule has 2 heterocycles. The van der Waals surface area contributed by atoms with Gasteiger partial charge in [-0.2, -0.15) is 0 Å². The lowest BCUT2D eigenvalue weighted by molar-refractivity contribution is 0.461. The van der Waals surface area contributed by atoms with Gasteiger partial charge in [0.05, 0.1) is 17.2 Å². The smallest absolute Gasteiger partial charge is 0.336 e. The van der Waals surface area contributed by atoms with Crippen LogP contribution in [-0.4, -0.2) is 9.97 Å². The standard InChI is InChI=1S/C17H10N2O3/c20-17-8-6-11-5-7-12(9-15(11)22-17)21-16-10-18-13-3-1-2-4-14(13)19-16/h1-10H. The Hall–Kier alpha value is -3.21. The Morgan fingerprint density at radius 3 is 2.68 bits per heavy atom. The molecule has 0 radical (unpaired) electrons. The molecule has 0 fully saturated rings. The number of hydrogen-bond donors (Lipinski definition) is 0. The molecule has 4 rings (SSSR count). The van der Waals surface area contributed by atoms with Gasteiger partial charge in [0.1, 0.15) is 11.3 Å². The first-order valence-corrected chi connectivity index (χ1v) is 6.71. The van der Waals surface area contributed by atoms with E-state index in [2.05, 4.69) is 9.97 Å². The molecule has 0 saturated carbocycles. The predicted octanol–water partition coefficient (Wildman–Crippen LogP) is 3.53. The van der Waals surface area contributed by atoms with E-state index in [9.17, 15) is 4.79 Å². The molecule has 2 aromatic carbocycles. The summed E-state index contributed by atoms with van der Waals surface area (Å²) < 4.78 is 10.8. The summed E-state index contributed by atoms with van der Waals surface area (Å²) in [5, 5.41) is 0.830. The molecule has 0 unspecified atom stereocenters. The second-order valence-electron chi connectivity index (χ2n) is 4.75. The van der Waals surface area contributed by atoms with Crippen molar-refractivity contribution < 1.29 is 9.15 Å². The molecule has 0 atom stereocenters. The molecule has 2 aromatic heterocycles. The molecule has 0 saturated heterocycles. The third kappa shape index (κ3) is 2.29. The van der Waals surface area contributed by atoms with E-state index in [0.29, 0.717) is 17.2 Å². The molecule has 5 heteroatoms. The molecule has 106 valence electrons. The normalized spacial score (nSPS) is 10.9. The Morgan fingerprint density at radius 2 is 1.77 bits per heavy atom. The number of aromatic nitrogens is 2. The van der Waals surface area contributed by atoms with Crippen LogP contribution in [-0.2, 0) is 0 Å². The zero-order valence-corrected chi connectivity index (χ0v) is 11.4. The zero-order chi connectivity index (χ0) is 14.9. The van der Waals surface area contributed by atoms with Crippen molar-refractivity contribution in [2.75, 3.05) is 0 Å². The van der Waals surface area contributed by atoms with Crippen LogP contribution in [0.25, 0.3) is 22.0 Å². The summed E-state index contributed by atoms with van der Waals surface area (Å²) in [5.74, 6) is 0.919. The van der Waals surface area contributed by atoms with Crippen molar-refractivity contribution in [1.29, 1.82) is 0 Å². The summed E-state index contributed by atoms with van der Waals surface area (Å²) in [7, 11) is 0. The Kier molecular flexibility index (Phi) is 2.83. The summed E-state index contributed by atoms with van der Waals surface area (Å²) in [6.45, 7) is 0. The summed E-state index contributed by atoms with van der Waals surface area (Å²) in [4.78, 5) is 20.0. The van der Waals surface area contributed by atoms with Crippen LogP contribution >= 0.6 is 0 Å². The molecule has 0 bridgehead atoms. The molecule has 22 heavy (non-hydrogen) atoms. The number of fused-ring (bicyclic) bond motifs is 2. The van der Waals surface area contributed by atoms with Gasteiger partial charge in [-0.25, -0.2) is 14.8 Å². The fraction of sp³-hybridized carbons (Fsp3) is 0. The maximum atomic E-state index is 11.3. The summed E-state index contributed by atoms with van der Waals surface area (Å²) in [6, 6.07) is 15.9. The number of ether oxygens (including phenoxy) is 1. The zero-order valence-electron chi connectivity index (χ0n) is 11.4. The highest BCUT2D eigenvalue weighted by atomic mass is 16.5. The van der Waals surface area contributed by atoms with Gasteiger partial charge in [0, 0.05) is 17.5 Å². The molecule has 0 spiro atoms. The molecule has 0 aliphatic rings. The number of nitrogens with zero attached hydrogens (tertiary/aromatic N) is 2. The molecule has 5 nitrogen and oxygen atoms in total. The minimum absolute atomic E-state index is 0.385. The molecule has 0 amide bonds. The molecular weight excluding hydrogens is 280 g/mol. The Labute approximate surface area is 124 Å².